The predicted octanol–water partition coefficient (Wildman–Crippen LogP) is 2.38. The van der Waals surface area contributed by atoms with Crippen molar-refractivity contribution in [2.24, 2.45) is 0 Å². The Kier molecular flexibility index (Phi) is 3.60. The summed E-state index contributed by atoms with van der Waals surface area (Å²) in [5, 5.41) is 18.3. The molecule has 2 atom stereocenters. The number of hydrogen-bond acceptors (Lipinski definition) is 3. The van der Waals surface area contributed by atoms with Crippen LogP contribution in [0, 0.1) is 17.1 Å². The topological polar surface area (TPSA) is 53.2 Å². The van der Waals surface area contributed by atoms with E-state index in [2.05, 4.69) is 0 Å². The number of ether oxygens (including phenoxy) is 1. The van der Waals surface area contributed by atoms with Gasteiger partial charge in [0.15, 0.2) is 11.6 Å². The molecule has 0 aliphatic heterocycles. The van der Waals surface area contributed by atoms with Gasteiger partial charge < -0.3 is 9.84 Å². The van der Waals surface area contributed by atoms with Crippen LogP contribution in [-0.4, -0.2) is 17.3 Å². The lowest BCUT2D eigenvalue weighted by molar-refractivity contribution is 0.00499. The van der Waals surface area contributed by atoms with Gasteiger partial charge in [0.2, 0.25) is 0 Å². The largest absolute Gasteiger partial charge is 0.485 e. The minimum absolute atomic E-state index is 0.106. The normalized spacial score (nSPS) is 24.1. The molecule has 1 saturated carbocycles. The molecule has 0 amide bonds. The summed E-state index contributed by atoms with van der Waals surface area (Å²) in [7, 11) is 0. The first kappa shape index (κ1) is 11.9. The number of rotatable bonds is 2. The van der Waals surface area contributed by atoms with Crippen LogP contribution in [0.4, 0.5) is 4.39 Å². The van der Waals surface area contributed by atoms with Crippen LogP contribution in [0.1, 0.15) is 31.2 Å². The van der Waals surface area contributed by atoms with Crippen LogP contribution < -0.4 is 4.74 Å². The highest BCUT2D eigenvalue weighted by Crippen LogP contribution is 2.26. The Labute approximate surface area is 99.4 Å². The maximum absolute atomic E-state index is 13.6. The van der Waals surface area contributed by atoms with Crippen LogP contribution in [0.2, 0.25) is 0 Å². The van der Waals surface area contributed by atoms with Crippen molar-refractivity contribution in [3.8, 4) is 11.8 Å². The van der Waals surface area contributed by atoms with Gasteiger partial charge in [-0.15, -0.1) is 0 Å². The standard InChI is InChI=1S/C13H14FNO2/c14-10-7-9(8-15)5-6-12(10)17-13-4-2-1-3-11(13)16/h5-7,11,13,16H,1-4H2/t11-,13-/m1/s1. The van der Waals surface area contributed by atoms with Crippen molar-refractivity contribution in [2.45, 2.75) is 37.9 Å². The third-order valence-electron chi connectivity index (χ3n) is 3.01. The Hall–Kier alpha value is -1.60. The highest BCUT2D eigenvalue weighted by atomic mass is 19.1. The molecule has 0 heterocycles. The first-order chi connectivity index (χ1) is 8.20. The molecule has 1 aliphatic rings. The Balaban J connectivity index is 2.10. The maximum Gasteiger partial charge on any atom is 0.166 e. The zero-order valence-electron chi connectivity index (χ0n) is 9.40. The molecule has 0 saturated heterocycles. The molecule has 4 heteroatoms. The van der Waals surface area contributed by atoms with E-state index in [1.165, 1.54) is 12.1 Å². The van der Waals surface area contributed by atoms with Crippen LogP contribution in [0.5, 0.6) is 5.75 Å². The summed E-state index contributed by atoms with van der Waals surface area (Å²) >= 11 is 0. The second-order valence-electron chi connectivity index (χ2n) is 4.27. The first-order valence-electron chi connectivity index (χ1n) is 5.75. The van der Waals surface area contributed by atoms with E-state index in [0.29, 0.717) is 6.42 Å². The minimum Gasteiger partial charge on any atom is -0.485 e. The lowest BCUT2D eigenvalue weighted by atomic mass is 9.95. The lowest BCUT2D eigenvalue weighted by Crippen LogP contribution is -2.34. The number of nitriles is 1. The molecule has 1 N–H and O–H groups in total. The molecule has 0 aromatic heterocycles. The van der Waals surface area contributed by atoms with Gasteiger partial charge in [0.1, 0.15) is 6.10 Å². The minimum atomic E-state index is -0.554. The molecule has 3 nitrogen and oxygen atoms in total. The molecule has 1 aromatic rings. The van der Waals surface area contributed by atoms with Crippen molar-refractivity contribution in [1.29, 1.82) is 5.26 Å². The number of aliphatic hydroxyl groups excluding tert-OH is 1. The highest BCUT2D eigenvalue weighted by Gasteiger charge is 2.25. The summed E-state index contributed by atoms with van der Waals surface area (Å²) in [6.45, 7) is 0. The maximum atomic E-state index is 13.6. The fraction of sp³-hybridized carbons (Fsp3) is 0.462. The van der Waals surface area contributed by atoms with E-state index in [4.69, 9.17) is 10.00 Å². The summed E-state index contributed by atoms with van der Waals surface area (Å²) < 4.78 is 19.0. The van der Waals surface area contributed by atoms with E-state index in [9.17, 15) is 9.50 Å². The Bertz CT molecular complexity index is 442. The molecule has 17 heavy (non-hydrogen) atoms. The fourth-order valence-electron chi connectivity index (χ4n) is 2.04. The summed E-state index contributed by atoms with van der Waals surface area (Å²) in [6, 6.07) is 5.95. The molecular formula is C13H14FNO2. The number of aliphatic hydroxyl groups is 1. The Morgan fingerprint density at radius 1 is 1.35 bits per heavy atom. The van der Waals surface area contributed by atoms with E-state index in [-0.39, 0.29) is 17.4 Å². The second kappa shape index (κ2) is 5.15. The van der Waals surface area contributed by atoms with Crippen LogP contribution in [0.3, 0.4) is 0 Å². The summed E-state index contributed by atoms with van der Waals surface area (Å²) in [4.78, 5) is 0. The van der Waals surface area contributed by atoms with Crippen molar-refractivity contribution in [3.63, 3.8) is 0 Å². The molecule has 90 valence electrons. The van der Waals surface area contributed by atoms with Crippen LogP contribution >= 0.6 is 0 Å². The van der Waals surface area contributed by atoms with Gasteiger partial charge in [0.25, 0.3) is 0 Å². The van der Waals surface area contributed by atoms with E-state index in [0.717, 1.165) is 25.3 Å². The molecule has 0 spiro atoms. The van der Waals surface area contributed by atoms with Gasteiger partial charge >= 0.3 is 0 Å². The number of halogens is 1. The molecular weight excluding hydrogens is 221 g/mol. The fourth-order valence-corrected chi connectivity index (χ4v) is 2.04. The molecule has 0 bridgehead atoms. The van der Waals surface area contributed by atoms with E-state index in [1.54, 1.807) is 0 Å². The van der Waals surface area contributed by atoms with Gasteiger partial charge in [0.05, 0.1) is 17.7 Å². The predicted molar refractivity (Wildman–Crippen MR) is 60.0 cm³/mol. The average molecular weight is 235 g/mol. The van der Waals surface area contributed by atoms with Gasteiger partial charge in [-0.3, -0.25) is 0 Å². The van der Waals surface area contributed by atoms with Gasteiger partial charge in [-0.1, -0.05) is 6.42 Å². The molecule has 1 fully saturated rings. The SMILES string of the molecule is N#Cc1ccc(O[C@@H]2CCCC[C@H]2O)c(F)c1. The van der Waals surface area contributed by atoms with Crippen LogP contribution in [-0.2, 0) is 0 Å². The lowest BCUT2D eigenvalue weighted by Gasteiger charge is -2.28. The molecule has 2 rings (SSSR count). The van der Waals surface area contributed by atoms with Gasteiger partial charge in [-0.2, -0.15) is 5.26 Å². The van der Waals surface area contributed by atoms with Crippen LogP contribution in [0.25, 0.3) is 0 Å². The van der Waals surface area contributed by atoms with Gasteiger partial charge in [0, 0.05) is 0 Å². The molecule has 1 aromatic carbocycles. The monoisotopic (exact) mass is 235 g/mol. The second-order valence-corrected chi connectivity index (χ2v) is 4.27. The first-order valence-corrected chi connectivity index (χ1v) is 5.75. The van der Waals surface area contributed by atoms with E-state index < -0.39 is 11.9 Å². The van der Waals surface area contributed by atoms with E-state index in [1.807, 2.05) is 6.07 Å². The smallest absolute Gasteiger partial charge is 0.166 e. The molecule has 0 radical (unpaired) electrons. The molecule has 0 unspecified atom stereocenters. The summed E-state index contributed by atoms with van der Waals surface area (Å²) in [5.74, 6) is -0.447. The third kappa shape index (κ3) is 2.75. The van der Waals surface area contributed by atoms with Crippen molar-refractivity contribution >= 4 is 0 Å². The van der Waals surface area contributed by atoms with Gasteiger partial charge in [-0.25, -0.2) is 4.39 Å². The van der Waals surface area contributed by atoms with Crippen molar-refractivity contribution < 1.29 is 14.2 Å². The van der Waals surface area contributed by atoms with Crippen LogP contribution in [0.15, 0.2) is 18.2 Å². The average Bonchev–Trinajstić information content (AvgIpc) is 2.34. The molecule has 1 aliphatic carbocycles. The third-order valence-corrected chi connectivity index (χ3v) is 3.01. The highest BCUT2D eigenvalue weighted by molar-refractivity contribution is 5.36. The zero-order chi connectivity index (χ0) is 12.3. The Morgan fingerprint density at radius 3 is 2.76 bits per heavy atom. The van der Waals surface area contributed by atoms with Gasteiger partial charge in [-0.05, 0) is 37.5 Å². The Morgan fingerprint density at radius 2 is 2.12 bits per heavy atom. The zero-order valence-corrected chi connectivity index (χ0v) is 9.40. The summed E-state index contributed by atoms with van der Waals surface area (Å²) in [5.41, 5.74) is 0.263. The number of hydrogen-bond donors (Lipinski definition) is 1. The van der Waals surface area contributed by atoms with Crippen molar-refractivity contribution in [3.05, 3.63) is 29.6 Å². The quantitative estimate of drug-likeness (QED) is 0.856. The summed E-state index contributed by atoms with van der Waals surface area (Å²) in [6.07, 6.45) is 2.53. The van der Waals surface area contributed by atoms with Crippen molar-refractivity contribution in [2.75, 3.05) is 0 Å². The number of nitrogens with zero attached hydrogens (tertiary/aromatic N) is 1. The van der Waals surface area contributed by atoms with Crippen molar-refractivity contribution in [1.82, 2.24) is 0 Å². The van der Waals surface area contributed by atoms with E-state index >= 15 is 0 Å². The number of benzene rings is 1.